The lowest BCUT2D eigenvalue weighted by molar-refractivity contribution is -0.145. The maximum absolute atomic E-state index is 14.9. The van der Waals surface area contributed by atoms with E-state index >= 15 is 0 Å². The molecule has 1 aromatic carbocycles. The van der Waals surface area contributed by atoms with Gasteiger partial charge in [-0.25, -0.2) is 32.3 Å². The summed E-state index contributed by atoms with van der Waals surface area (Å²) in [5, 5.41) is 25.2. The first kappa shape index (κ1) is 46.7. The van der Waals surface area contributed by atoms with Gasteiger partial charge in [-0.1, -0.05) is 52.9 Å². The fourth-order valence-electron chi connectivity index (χ4n) is 8.98. The van der Waals surface area contributed by atoms with E-state index in [0.29, 0.717) is 46.6 Å². The summed E-state index contributed by atoms with van der Waals surface area (Å²) in [6.07, 6.45) is 4.40. The Morgan fingerprint density at radius 3 is 2.42 bits per heavy atom. The molecule has 0 bridgehead atoms. The molecule has 20 heteroatoms. The van der Waals surface area contributed by atoms with E-state index in [1.807, 2.05) is 25.3 Å². The summed E-state index contributed by atoms with van der Waals surface area (Å²) in [5.41, 5.74) is -0.660. The molecule has 3 aliphatic heterocycles. The predicted molar refractivity (Wildman–Crippen MR) is 240 cm³/mol. The topological polar surface area (TPSA) is 239 Å². The Labute approximate surface area is 377 Å². The minimum Gasteiger partial charge on any atom is -0.497 e. The second-order valence-corrected chi connectivity index (χ2v) is 21.6. The highest BCUT2D eigenvalue weighted by molar-refractivity contribution is 7.89. The number of carbonyl (C=O) groups is 5. The number of rotatable bonds is 10. The first-order chi connectivity index (χ1) is 30.3. The molecule has 5 N–H and O–H groups in total. The van der Waals surface area contributed by atoms with Crippen molar-refractivity contribution < 1.29 is 47.0 Å². The molecule has 4 fully saturated rings. The molecular weight excluding hydrogens is 865 g/mol. The number of carboxylic acid groups (broad SMARTS) is 1. The van der Waals surface area contributed by atoms with Crippen LogP contribution in [-0.4, -0.2) is 124 Å². The van der Waals surface area contributed by atoms with Crippen LogP contribution < -0.4 is 30.7 Å². The van der Waals surface area contributed by atoms with Gasteiger partial charge in [0.2, 0.25) is 21.8 Å². The highest BCUT2D eigenvalue weighted by Crippen LogP contribution is 2.48. The molecule has 4 aliphatic rings. The third-order valence-corrected chi connectivity index (χ3v) is 15.1. The van der Waals surface area contributed by atoms with E-state index in [9.17, 15) is 37.5 Å². The zero-order valence-electron chi connectivity index (χ0n) is 37.3. The Bertz CT molecular complexity index is 2390. The van der Waals surface area contributed by atoms with Crippen molar-refractivity contribution in [1.29, 1.82) is 0 Å². The number of nitrogens with zero attached hydrogens (tertiary/aromatic N) is 4. The van der Waals surface area contributed by atoms with Crippen molar-refractivity contribution in [2.45, 2.75) is 135 Å². The van der Waals surface area contributed by atoms with Crippen molar-refractivity contribution in [3.05, 3.63) is 29.6 Å². The first-order valence-electron chi connectivity index (χ1n) is 22.1. The Morgan fingerprint density at radius 1 is 1.02 bits per heavy atom. The fraction of sp³-hybridized carbons (Fsp3) is 0.614. The number of sulfonamides is 1. The number of aliphatic carboxylic acids is 1. The molecular formula is C44H60N8O10S2. The minimum absolute atomic E-state index is 0.0100. The second-order valence-electron chi connectivity index (χ2n) is 18.8. The number of hydrogen-bond acceptors (Lipinski definition) is 13. The average molecular weight is 925 g/mol. The number of benzene rings is 1. The highest BCUT2D eigenvalue weighted by Gasteiger charge is 2.62. The number of hydrogen-bond donors (Lipinski definition) is 5. The van der Waals surface area contributed by atoms with Crippen LogP contribution in [0.25, 0.3) is 22.3 Å². The van der Waals surface area contributed by atoms with E-state index in [0.717, 1.165) is 35.1 Å². The van der Waals surface area contributed by atoms with E-state index in [1.165, 1.54) is 16.2 Å². The molecule has 0 radical (unpaired) electrons. The number of methoxy groups -OCH3 is 1. The summed E-state index contributed by atoms with van der Waals surface area (Å²) in [6.45, 7) is 9.09. The molecule has 2 unspecified atom stereocenters. The van der Waals surface area contributed by atoms with Crippen LogP contribution in [0.2, 0.25) is 0 Å². The van der Waals surface area contributed by atoms with E-state index in [4.69, 9.17) is 19.4 Å². The van der Waals surface area contributed by atoms with Gasteiger partial charge >= 0.3 is 12.0 Å². The van der Waals surface area contributed by atoms with Crippen LogP contribution in [0.4, 0.5) is 9.93 Å². The van der Waals surface area contributed by atoms with Gasteiger partial charge in [-0.3, -0.25) is 14.4 Å². The molecule has 5 heterocycles. The number of aromatic nitrogens is 2. The van der Waals surface area contributed by atoms with E-state index in [1.54, 1.807) is 46.1 Å². The monoisotopic (exact) mass is 924 g/mol. The number of carboxylic acids is 1. The van der Waals surface area contributed by atoms with Gasteiger partial charge in [-0.15, -0.1) is 11.3 Å². The summed E-state index contributed by atoms with van der Waals surface area (Å²) in [6, 6.07) is 2.89. The molecule has 6 atom stereocenters. The zero-order chi connectivity index (χ0) is 46.1. The summed E-state index contributed by atoms with van der Waals surface area (Å²) in [7, 11) is -2.28. The van der Waals surface area contributed by atoms with Crippen LogP contribution in [0.3, 0.4) is 0 Å². The number of pyridine rings is 1. The molecule has 5 amide bonds. The third-order valence-electron chi connectivity index (χ3n) is 12.5. The number of urea groups is 1. The van der Waals surface area contributed by atoms with Gasteiger partial charge in [-0.05, 0) is 63.0 Å². The van der Waals surface area contributed by atoms with Crippen LogP contribution >= 0.6 is 11.3 Å². The van der Waals surface area contributed by atoms with E-state index in [-0.39, 0.29) is 56.5 Å². The molecule has 348 valence electrons. The SMILES string of the molecule is COc1ccc2c(O[C@@H]3C[C@H]4C(=O)N[C@]5(C(=O)O)CC5CCCCCCC[C@H](NC(=O)NC(C(=O)N5CCCS5(=O)=O)C(C)(C)C)C(=O)N4C3)cc(-c3csc(NC(C)C)n3)nc2c1. The van der Waals surface area contributed by atoms with Crippen molar-refractivity contribution in [3.8, 4) is 22.9 Å². The van der Waals surface area contributed by atoms with Crippen molar-refractivity contribution in [2.24, 2.45) is 11.3 Å². The molecule has 18 nitrogen and oxygen atoms in total. The lowest BCUT2D eigenvalue weighted by Crippen LogP contribution is -2.60. The maximum atomic E-state index is 14.9. The Hall–Kier alpha value is -5.24. The first-order valence-corrected chi connectivity index (χ1v) is 24.6. The normalized spacial score (nSPS) is 25.6. The van der Waals surface area contributed by atoms with Crippen LogP contribution in [0.1, 0.15) is 98.8 Å². The summed E-state index contributed by atoms with van der Waals surface area (Å²) < 4.78 is 38.5. The number of fused-ring (bicyclic) bond motifs is 3. The molecule has 0 spiro atoms. The van der Waals surface area contributed by atoms with Crippen LogP contribution in [0.15, 0.2) is 29.6 Å². The number of amides is 5. The Balaban J connectivity index is 1.20. The van der Waals surface area contributed by atoms with Gasteiger partial charge in [0.05, 0.1) is 30.6 Å². The van der Waals surface area contributed by atoms with Gasteiger partial charge in [-0.2, -0.15) is 0 Å². The lowest BCUT2D eigenvalue weighted by Gasteiger charge is -2.34. The third kappa shape index (κ3) is 10.2. The smallest absolute Gasteiger partial charge is 0.329 e. The van der Waals surface area contributed by atoms with Crippen molar-refractivity contribution in [3.63, 3.8) is 0 Å². The van der Waals surface area contributed by atoms with Crippen molar-refractivity contribution in [2.75, 3.05) is 31.3 Å². The highest BCUT2D eigenvalue weighted by atomic mass is 32.2. The summed E-state index contributed by atoms with van der Waals surface area (Å²) in [5.74, 6) is -2.52. The minimum atomic E-state index is -3.83. The summed E-state index contributed by atoms with van der Waals surface area (Å²) >= 11 is 1.44. The molecule has 7 rings (SSSR count). The molecule has 3 aromatic rings. The molecule has 3 saturated heterocycles. The number of nitrogens with one attached hydrogen (secondary N) is 4. The Kier molecular flexibility index (Phi) is 13.7. The number of anilines is 1. The lowest BCUT2D eigenvalue weighted by atomic mass is 9.86. The van der Waals surface area contributed by atoms with E-state index in [2.05, 4.69) is 21.3 Å². The average Bonchev–Trinajstić information content (AvgIpc) is 3.52. The van der Waals surface area contributed by atoms with E-state index < -0.39 is 74.9 Å². The molecule has 1 saturated carbocycles. The van der Waals surface area contributed by atoms with Gasteiger partial charge in [0, 0.05) is 41.9 Å². The quantitative estimate of drug-likeness (QED) is 0.183. The second kappa shape index (κ2) is 18.7. The number of thiazole rings is 1. The molecule has 1 aliphatic carbocycles. The Morgan fingerprint density at radius 2 is 1.75 bits per heavy atom. The van der Waals surface area contributed by atoms with Crippen molar-refractivity contribution >= 4 is 67.1 Å². The summed E-state index contributed by atoms with van der Waals surface area (Å²) in [4.78, 5) is 80.6. The van der Waals surface area contributed by atoms with Gasteiger partial charge in [0.15, 0.2) is 5.13 Å². The molecule has 2 aromatic heterocycles. The van der Waals surface area contributed by atoms with Gasteiger partial charge in [0.25, 0.3) is 5.91 Å². The maximum Gasteiger partial charge on any atom is 0.329 e. The zero-order valence-corrected chi connectivity index (χ0v) is 38.9. The van der Waals surface area contributed by atoms with Gasteiger partial charge in [0.1, 0.15) is 47.0 Å². The predicted octanol–water partition coefficient (Wildman–Crippen LogP) is 4.88. The largest absolute Gasteiger partial charge is 0.497 e. The molecule has 64 heavy (non-hydrogen) atoms. The van der Waals surface area contributed by atoms with Crippen molar-refractivity contribution in [1.82, 2.24) is 35.1 Å². The van der Waals surface area contributed by atoms with Crippen LogP contribution in [-0.2, 0) is 29.2 Å². The van der Waals surface area contributed by atoms with Crippen LogP contribution in [0.5, 0.6) is 11.5 Å². The fourth-order valence-corrected chi connectivity index (χ4v) is 11.3. The number of ether oxygens (including phenoxy) is 2. The standard InChI is InChI=1S/C44H60N8O10S2/c1-25(2)45-42-48-33(24-63-42)32-21-35(29-16-15-27(61-6)19-31(29)46-32)62-28-20-34-37(53)50-44(40(56)57)22-26(44)13-10-8-7-9-11-14-30(38(54)51(34)23-28)47-41(58)49-36(43(3,4)5)39(55)52-17-12-18-64(52,59)60/h15-16,19,21,24-26,28,30,34,36H,7-14,17-18,20,22-23H2,1-6H3,(H,45,48)(H,50,53)(H,56,57)(H2,47,49,58)/t26?,28-,30+,34+,36?,44-/m1/s1. The van der Waals surface area contributed by atoms with Gasteiger partial charge < -0.3 is 40.7 Å². The number of carbonyl (C=O) groups excluding carboxylic acids is 4. The van der Waals surface area contributed by atoms with Crippen LogP contribution in [0, 0.1) is 11.3 Å².